The number of benzene rings is 1. The zero-order valence-corrected chi connectivity index (χ0v) is 11.0. The van der Waals surface area contributed by atoms with Gasteiger partial charge in [-0.2, -0.15) is 0 Å². The Morgan fingerprint density at radius 2 is 1.95 bits per heavy atom. The van der Waals surface area contributed by atoms with Gasteiger partial charge in [0.25, 0.3) is 0 Å². The highest BCUT2D eigenvalue weighted by molar-refractivity contribution is 5.88. The molecule has 1 aromatic rings. The highest BCUT2D eigenvalue weighted by Gasteiger charge is 2.22. The van der Waals surface area contributed by atoms with E-state index in [1.54, 1.807) is 18.3 Å². The van der Waals surface area contributed by atoms with Crippen LogP contribution >= 0.6 is 0 Å². The van der Waals surface area contributed by atoms with Gasteiger partial charge in [-0.1, -0.05) is 0 Å². The molecule has 0 aromatic heterocycles. The molecule has 5 heteroatoms. The number of hydroxylamine groups is 1. The number of hydrogen-bond donors (Lipinski definition) is 1. The predicted octanol–water partition coefficient (Wildman–Crippen LogP) is 1.41. The lowest BCUT2D eigenvalue weighted by atomic mass is 10.1. The minimum Gasteiger partial charge on any atom is -0.624 e. The van der Waals surface area contributed by atoms with Crippen molar-refractivity contribution in [2.24, 2.45) is 0 Å². The molecule has 0 saturated carbocycles. The van der Waals surface area contributed by atoms with Gasteiger partial charge in [-0.3, -0.25) is 0 Å². The van der Waals surface area contributed by atoms with Gasteiger partial charge in [0.05, 0.1) is 5.56 Å². The Kier molecular flexibility index (Phi) is 4.16. The van der Waals surface area contributed by atoms with Crippen LogP contribution in [0.3, 0.4) is 0 Å². The maximum Gasteiger partial charge on any atom is 0.335 e. The molecule has 0 atom stereocenters. The molecule has 0 spiro atoms. The summed E-state index contributed by atoms with van der Waals surface area (Å²) in [5.41, 5.74) is 0.966. The summed E-state index contributed by atoms with van der Waals surface area (Å²) in [5, 5.41) is 20.8. The molecule has 0 amide bonds. The van der Waals surface area contributed by atoms with Crippen LogP contribution in [0.4, 0.5) is 0 Å². The lowest BCUT2D eigenvalue weighted by Crippen LogP contribution is -2.37. The summed E-state index contributed by atoms with van der Waals surface area (Å²) >= 11 is 0. The van der Waals surface area contributed by atoms with Crippen LogP contribution in [0.2, 0.25) is 0 Å². The lowest BCUT2D eigenvalue weighted by Gasteiger charge is -2.27. The molecule has 0 bridgehead atoms. The second-order valence-electron chi connectivity index (χ2n) is 4.95. The minimum absolute atomic E-state index is 0.0235. The Bertz CT molecular complexity index is 474. The largest absolute Gasteiger partial charge is 0.624 e. The van der Waals surface area contributed by atoms with Crippen molar-refractivity contribution in [3.05, 3.63) is 40.6 Å². The standard InChI is InChI=1S/C14H18N2O3/c1-15-8-6-13(7-9-15)16(19)10-11-2-4-12(5-3-11)14(17)18/h2-5,10,13H,6-9H2,1H3,(H,17,18)/b16-10-. The Morgan fingerprint density at radius 3 is 2.47 bits per heavy atom. The van der Waals surface area contributed by atoms with Crippen LogP contribution in [0.25, 0.3) is 0 Å². The molecule has 2 rings (SSSR count). The van der Waals surface area contributed by atoms with Crippen molar-refractivity contribution >= 4 is 12.2 Å². The first-order chi connectivity index (χ1) is 9.06. The molecule has 102 valence electrons. The van der Waals surface area contributed by atoms with Gasteiger partial charge in [0.2, 0.25) is 0 Å². The summed E-state index contributed by atoms with van der Waals surface area (Å²) in [6, 6.07) is 6.36. The quantitative estimate of drug-likeness (QED) is 0.387. The number of likely N-dealkylation sites (tertiary alicyclic amines) is 1. The number of nitrogens with zero attached hydrogens (tertiary/aromatic N) is 2. The molecule has 0 aliphatic carbocycles. The van der Waals surface area contributed by atoms with Crippen LogP contribution in [0.5, 0.6) is 0 Å². The van der Waals surface area contributed by atoms with Crippen molar-refractivity contribution in [2.45, 2.75) is 18.9 Å². The zero-order chi connectivity index (χ0) is 13.8. The first-order valence-electron chi connectivity index (χ1n) is 6.38. The van der Waals surface area contributed by atoms with Crippen LogP contribution in [-0.4, -0.2) is 53.1 Å². The molecule has 1 heterocycles. The summed E-state index contributed by atoms with van der Waals surface area (Å²) in [5.74, 6) is -0.958. The topological polar surface area (TPSA) is 66.6 Å². The number of carboxylic acid groups (broad SMARTS) is 1. The van der Waals surface area contributed by atoms with Crippen molar-refractivity contribution in [3.8, 4) is 0 Å². The second kappa shape index (κ2) is 5.84. The van der Waals surface area contributed by atoms with Crippen LogP contribution in [-0.2, 0) is 0 Å². The highest BCUT2D eigenvalue weighted by Crippen LogP contribution is 2.12. The van der Waals surface area contributed by atoms with E-state index in [-0.39, 0.29) is 11.6 Å². The van der Waals surface area contributed by atoms with Gasteiger partial charge in [0.1, 0.15) is 0 Å². The third-order valence-corrected chi connectivity index (χ3v) is 3.48. The molecule has 1 fully saturated rings. The van der Waals surface area contributed by atoms with Gasteiger partial charge in [-0.25, -0.2) is 9.53 Å². The van der Waals surface area contributed by atoms with Gasteiger partial charge in [-0.15, -0.1) is 0 Å². The molecule has 0 unspecified atom stereocenters. The Morgan fingerprint density at radius 1 is 1.37 bits per heavy atom. The molecule has 0 radical (unpaired) electrons. The third-order valence-electron chi connectivity index (χ3n) is 3.48. The molecule has 1 N–H and O–H groups in total. The molecular weight excluding hydrogens is 244 g/mol. The summed E-state index contributed by atoms with van der Waals surface area (Å²) in [7, 11) is 2.06. The smallest absolute Gasteiger partial charge is 0.335 e. The summed E-state index contributed by atoms with van der Waals surface area (Å²) < 4.78 is 1.00. The van der Waals surface area contributed by atoms with E-state index in [4.69, 9.17) is 5.11 Å². The Balaban J connectivity index is 2.05. The van der Waals surface area contributed by atoms with Crippen molar-refractivity contribution in [1.29, 1.82) is 0 Å². The van der Waals surface area contributed by atoms with E-state index in [1.807, 2.05) is 0 Å². The maximum atomic E-state index is 12.0. The van der Waals surface area contributed by atoms with E-state index in [9.17, 15) is 10.0 Å². The third kappa shape index (κ3) is 3.54. The van der Waals surface area contributed by atoms with E-state index in [1.165, 1.54) is 12.1 Å². The number of piperidine rings is 1. The average molecular weight is 262 g/mol. The fourth-order valence-corrected chi connectivity index (χ4v) is 2.21. The monoisotopic (exact) mass is 262 g/mol. The van der Waals surface area contributed by atoms with E-state index in [0.717, 1.165) is 36.2 Å². The Labute approximate surface area is 112 Å². The number of rotatable bonds is 3. The molecule has 19 heavy (non-hydrogen) atoms. The first-order valence-corrected chi connectivity index (χ1v) is 6.38. The lowest BCUT2D eigenvalue weighted by molar-refractivity contribution is -0.501. The second-order valence-corrected chi connectivity index (χ2v) is 4.95. The minimum atomic E-state index is -0.958. The fourth-order valence-electron chi connectivity index (χ4n) is 2.21. The van der Waals surface area contributed by atoms with Crippen molar-refractivity contribution in [3.63, 3.8) is 0 Å². The van der Waals surface area contributed by atoms with Crippen LogP contribution in [0.15, 0.2) is 24.3 Å². The van der Waals surface area contributed by atoms with Gasteiger partial charge >= 0.3 is 5.97 Å². The summed E-state index contributed by atoms with van der Waals surface area (Å²) in [6.07, 6.45) is 3.27. The van der Waals surface area contributed by atoms with Crippen molar-refractivity contribution in [2.75, 3.05) is 20.1 Å². The average Bonchev–Trinajstić information content (AvgIpc) is 2.40. The van der Waals surface area contributed by atoms with E-state index in [0.29, 0.717) is 0 Å². The zero-order valence-electron chi connectivity index (χ0n) is 11.0. The molecule has 1 aliphatic heterocycles. The van der Waals surface area contributed by atoms with Crippen molar-refractivity contribution < 1.29 is 14.6 Å². The van der Waals surface area contributed by atoms with E-state index >= 15 is 0 Å². The van der Waals surface area contributed by atoms with Crippen LogP contribution in [0.1, 0.15) is 28.8 Å². The number of hydrogen-bond acceptors (Lipinski definition) is 3. The van der Waals surface area contributed by atoms with Gasteiger partial charge in [0, 0.05) is 31.5 Å². The first kappa shape index (κ1) is 13.5. The fraction of sp³-hybridized carbons (Fsp3) is 0.429. The van der Waals surface area contributed by atoms with Gasteiger partial charge in [-0.05, 0) is 31.3 Å². The summed E-state index contributed by atoms with van der Waals surface area (Å²) in [6.45, 7) is 1.88. The van der Waals surface area contributed by atoms with Gasteiger partial charge < -0.3 is 15.2 Å². The van der Waals surface area contributed by atoms with Crippen LogP contribution < -0.4 is 0 Å². The number of aromatic carboxylic acids is 1. The maximum absolute atomic E-state index is 12.0. The van der Waals surface area contributed by atoms with Crippen molar-refractivity contribution in [1.82, 2.24) is 4.90 Å². The highest BCUT2D eigenvalue weighted by atomic mass is 16.5. The molecule has 1 aromatic carbocycles. The number of carboxylic acids is 1. The normalized spacial score (nSPS) is 18.5. The molecule has 1 aliphatic rings. The van der Waals surface area contributed by atoms with Crippen LogP contribution in [0, 0.1) is 5.21 Å². The van der Waals surface area contributed by atoms with E-state index < -0.39 is 5.97 Å². The molecule has 1 saturated heterocycles. The Hall–Kier alpha value is -1.88. The molecule has 5 nitrogen and oxygen atoms in total. The summed E-state index contributed by atoms with van der Waals surface area (Å²) in [4.78, 5) is 12.9. The SMILES string of the molecule is CN1CCC(/[N+]([O-])=C/c2ccc(C(=O)O)cc2)CC1. The van der Waals surface area contributed by atoms with E-state index in [2.05, 4.69) is 11.9 Å². The predicted molar refractivity (Wildman–Crippen MR) is 72.7 cm³/mol. The molecular formula is C14H18N2O3. The number of carbonyl (C=O) groups is 1. The van der Waals surface area contributed by atoms with Gasteiger partial charge in [0.15, 0.2) is 12.3 Å².